The van der Waals surface area contributed by atoms with Crippen LogP contribution >= 0.6 is 0 Å². The first kappa shape index (κ1) is 15.0. The van der Waals surface area contributed by atoms with Crippen molar-refractivity contribution in [3.63, 3.8) is 0 Å². The van der Waals surface area contributed by atoms with Gasteiger partial charge in [0.05, 0.1) is 6.61 Å². The smallest absolute Gasteiger partial charge is 0.250 e. The van der Waals surface area contributed by atoms with E-state index >= 15 is 0 Å². The molecule has 0 aliphatic heterocycles. The zero-order valence-electron chi connectivity index (χ0n) is 12.0. The van der Waals surface area contributed by atoms with E-state index in [1.165, 1.54) is 0 Å². The molecular formula is C15H24O2Si. The molecule has 0 unspecified atom stereocenters. The van der Waals surface area contributed by atoms with Gasteiger partial charge in [-0.15, -0.1) is 0 Å². The van der Waals surface area contributed by atoms with E-state index in [1.54, 1.807) is 6.08 Å². The Morgan fingerprint density at radius 3 is 2.39 bits per heavy atom. The zero-order chi connectivity index (χ0) is 13.8. The van der Waals surface area contributed by atoms with E-state index in [-0.39, 0.29) is 11.6 Å². The van der Waals surface area contributed by atoms with Gasteiger partial charge < -0.3 is 9.53 Å². The van der Waals surface area contributed by atoms with Crippen LogP contribution in [0.4, 0.5) is 0 Å². The van der Waals surface area contributed by atoms with E-state index in [0.29, 0.717) is 0 Å². The highest BCUT2D eigenvalue weighted by atomic mass is 28.4. The number of rotatable bonds is 4. The van der Waals surface area contributed by atoms with Crippen molar-refractivity contribution in [2.24, 2.45) is 0 Å². The van der Waals surface area contributed by atoms with Crippen LogP contribution in [-0.2, 0) is 0 Å². The number of benzene rings is 1. The zero-order valence-corrected chi connectivity index (χ0v) is 13.0. The van der Waals surface area contributed by atoms with Crippen molar-refractivity contribution in [1.29, 1.82) is 0 Å². The van der Waals surface area contributed by atoms with Crippen LogP contribution in [0.5, 0.6) is 5.75 Å². The molecule has 0 aromatic heterocycles. The standard InChI is InChI=1S/C15H24O2Si/c1-15(2,3)18(4,5)17-14-11-7-6-9-13(14)10-8-12-16/h6-11,16H,12H2,1-5H3. The largest absolute Gasteiger partial charge is 0.543 e. The Labute approximate surface area is 111 Å². The van der Waals surface area contributed by atoms with Gasteiger partial charge in [0.15, 0.2) is 0 Å². The molecule has 0 aliphatic carbocycles. The SMILES string of the molecule is CC(C)(C)[Si](C)(C)Oc1ccccc1C=CCO. The fraction of sp³-hybridized carbons (Fsp3) is 0.467. The maximum Gasteiger partial charge on any atom is 0.250 e. The first-order chi connectivity index (χ1) is 8.28. The Balaban J connectivity index is 3.01. The second kappa shape index (κ2) is 5.72. The van der Waals surface area contributed by atoms with E-state index in [4.69, 9.17) is 9.53 Å². The molecule has 1 aromatic rings. The van der Waals surface area contributed by atoms with Gasteiger partial charge in [0.1, 0.15) is 5.75 Å². The van der Waals surface area contributed by atoms with Crippen LogP contribution in [0, 0.1) is 0 Å². The lowest BCUT2D eigenvalue weighted by atomic mass is 10.2. The van der Waals surface area contributed by atoms with Crippen molar-refractivity contribution < 1.29 is 9.53 Å². The lowest BCUT2D eigenvalue weighted by molar-refractivity contribution is 0.343. The van der Waals surface area contributed by atoms with Gasteiger partial charge in [-0.1, -0.05) is 51.1 Å². The molecule has 0 saturated heterocycles. The molecule has 0 fully saturated rings. The van der Waals surface area contributed by atoms with Crippen LogP contribution in [0.25, 0.3) is 6.08 Å². The van der Waals surface area contributed by atoms with E-state index in [2.05, 4.69) is 33.9 Å². The summed E-state index contributed by atoms with van der Waals surface area (Å²) in [7, 11) is -1.81. The van der Waals surface area contributed by atoms with E-state index in [0.717, 1.165) is 11.3 Å². The van der Waals surface area contributed by atoms with Crippen molar-refractivity contribution in [1.82, 2.24) is 0 Å². The average molecular weight is 264 g/mol. The molecule has 1 N–H and O–H groups in total. The molecule has 18 heavy (non-hydrogen) atoms. The van der Waals surface area contributed by atoms with Crippen molar-refractivity contribution >= 4 is 14.4 Å². The average Bonchev–Trinajstić information content (AvgIpc) is 2.26. The molecule has 2 nitrogen and oxygen atoms in total. The van der Waals surface area contributed by atoms with Crippen LogP contribution in [0.1, 0.15) is 26.3 Å². The van der Waals surface area contributed by atoms with Crippen LogP contribution in [0.3, 0.4) is 0 Å². The fourth-order valence-corrected chi connectivity index (χ4v) is 2.36. The summed E-state index contributed by atoms with van der Waals surface area (Å²) >= 11 is 0. The molecule has 0 spiro atoms. The normalized spacial score (nSPS) is 13.0. The Bertz CT molecular complexity index is 417. The van der Waals surface area contributed by atoms with E-state index < -0.39 is 8.32 Å². The number of aliphatic hydroxyl groups is 1. The highest BCUT2D eigenvalue weighted by Crippen LogP contribution is 2.38. The van der Waals surface area contributed by atoms with Gasteiger partial charge in [-0.05, 0) is 24.2 Å². The number of hydrogen-bond acceptors (Lipinski definition) is 2. The van der Waals surface area contributed by atoms with E-state index in [9.17, 15) is 0 Å². The summed E-state index contributed by atoms with van der Waals surface area (Å²) in [4.78, 5) is 0. The van der Waals surface area contributed by atoms with Crippen LogP contribution in [-0.4, -0.2) is 20.0 Å². The van der Waals surface area contributed by atoms with E-state index in [1.807, 2.05) is 30.3 Å². The fourth-order valence-electron chi connectivity index (χ4n) is 1.32. The predicted molar refractivity (Wildman–Crippen MR) is 80.4 cm³/mol. The van der Waals surface area contributed by atoms with Gasteiger partial charge in [-0.2, -0.15) is 0 Å². The van der Waals surface area contributed by atoms with Crippen LogP contribution in [0.15, 0.2) is 30.3 Å². The molecule has 3 heteroatoms. The first-order valence-corrected chi connectivity index (χ1v) is 9.24. The van der Waals surface area contributed by atoms with Crippen molar-refractivity contribution in [3.8, 4) is 5.75 Å². The molecule has 0 amide bonds. The predicted octanol–water partition coefficient (Wildman–Crippen LogP) is 4.08. The first-order valence-electron chi connectivity index (χ1n) is 6.33. The van der Waals surface area contributed by atoms with Gasteiger partial charge in [0, 0.05) is 5.56 Å². The molecule has 0 aliphatic rings. The minimum absolute atomic E-state index is 0.0500. The van der Waals surface area contributed by atoms with Gasteiger partial charge >= 0.3 is 0 Å². The summed E-state index contributed by atoms with van der Waals surface area (Å²) in [5.74, 6) is 0.911. The summed E-state index contributed by atoms with van der Waals surface area (Å²) in [5.41, 5.74) is 1.02. The molecular weight excluding hydrogens is 240 g/mol. The van der Waals surface area contributed by atoms with Gasteiger partial charge in [0.25, 0.3) is 8.32 Å². The Hall–Kier alpha value is -1.06. The molecule has 100 valence electrons. The lowest BCUT2D eigenvalue weighted by Gasteiger charge is -2.36. The molecule has 0 bridgehead atoms. The van der Waals surface area contributed by atoms with Gasteiger partial charge in [0.2, 0.25) is 0 Å². The van der Waals surface area contributed by atoms with Crippen LogP contribution in [0.2, 0.25) is 18.1 Å². The third-order valence-corrected chi connectivity index (χ3v) is 7.84. The Morgan fingerprint density at radius 1 is 1.22 bits per heavy atom. The number of hydrogen-bond donors (Lipinski definition) is 1. The molecule has 0 radical (unpaired) electrons. The van der Waals surface area contributed by atoms with Crippen molar-refractivity contribution in [3.05, 3.63) is 35.9 Å². The van der Waals surface area contributed by atoms with Crippen LogP contribution < -0.4 is 4.43 Å². The highest BCUT2D eigenvalue weighted by Gasteiger charge is 2.39. The Kier molecular flexibility index (Phi) is 4.76. The molecule has 1 aromatic carbocycles. The molecule has 0 saturated carbocycles. The minimum Gasteiger partial charge on any atom is -0.543 e. The van der Waals surface area contributed by atoms with Crippen molar-refractivity contribution in [2.75, 3.05) is 6.61 Å². The maximum atomic E-state index is 8.86. The summed E-state index contributed by atoms with van der Waals surface area (Å²) in [6.07, 6.45) is 3.64. The Morgan fingerprint density at radius 2 is 1.83 bits per heavy atom. The molecule has 0 heterocycles. The third-order valence-electron chi connectivity index (χ3n) is 3.49. The van der Waals surface area contributed by atoms with Gasteiger partial charge in [-0.25, -0.2) is 0 Å². The van der Waals surface area contributed by atoms with Gasteiger partial charge in [-0.3, -0.25) is 0 Å². The maximum absolute atomic E-state index is 8.86. The summed E-state index contributed by atoms with van der Waals surface area (Å²) in [5, 5.41) is 9.04. The third kappa shape index (κ3) is 3.72. The quantitative estimate of drug-likeness (QED) is 0.830. The monoisotopic (exact) mass is 264 g/mol. The topological polar surface area (TPSA) is 29.5 Å². The summed E-state index contributed by atoms with van der Waals surface area (Å²) in [6.45, 7) is 11.2. The number of para-hydroxylation sites is 1. The minimum atomic E-state index is -1.81. The molecule has 0 atom stereocenters. The highest BCUT2D eigenvalue weighted by molar-refractivity contribution is 6.74. The summed E-state index contributed by atoms with van der Waals surface area (Å²) < 4.78 is 6.30. The number of aliphatic hydroxyl groups excluding tert-OH is 1. The molecule has 1 rings (SSSR count). The second-order valence-electron chi connectivity index (χ2n) is 5.99. The lowest BCUT2D eigenvalue weighted by Crippen LogP contribution is -2.44. The summed E-state index contributed by atoms with van der Waals surface area (Å²) in [6, 6.07) is 7.97. The second-order valence-corrected chi connectivity index (χ2v) is 10.7. The van der Waals surface area contributed by atoms with Crippen molar-refractivity contribution in [2.45, 2.75) is 38.9 Å².